The maximum Gasteiger partial charge on any atom is 0.229 e. The Morgan fingerprint density at radius 2 is 1.82 bits per heavy atom. The molecule has 3 N–H and O–H groups in total. The Hall–Kier alpha value is -1.96. The van der Waals surface area contributed by atoms with Gasteiger partial charge in [0.2, 0.25) is 5.95 Å². The van der Waals surface area contributed by atoms with Crippen LogP contribution >= 0.6 is 11.6 Å². The molecule has 1 saturated heterocycles. The number of halogens is 1. The van der Waals surface area contributed by atoms with Crippen molar-refractivity contribution >= 4 is 29.1 Å². The molecule has 3 aliphatic rings. The van der Waals surface area contributed by atoms with Crippen LogP contribution < -0.4 is 10.6 Å². The van der Waals surface area contributed by atoms with E-state index in [1.807, 2.05) is 12.3 Å². The molecule has 0 atom stereocenters. The van der Waals surface area contributed by atoms with E-state index in [4.69, 9.17) is 16.6 Å². The molecule has 2 saturated carbocycles. The van der Waals surface area contributed by atoms with Crippen molar-refractivity contribution in [2.24, 2.45) is 5.92 Å². The van der Waals surface area contributed by atoms with Gasteiger partial charge >= 0.3 is 0 Å². The van der Waals surface area contributed by atoms with Gasteiger partial charge in [-0.05, 0) is 88.4 Å². The first kappa shape index (κ1) is 22.8. The van der Waals surface area contributed by atoms with E-state index in [-0.39, 0.29) is 6.10 Å². The van der Waals surface area contributed by atoms with E-state index in [0.29, 0.717) is 23.1 Å². The van der Waals surface area contributed by atoms with E-state index >= 15 is 0 Å². The summed E-state index contributed by atoms with van der Waals surface area (Å²) < 4.78 is 0. The molecule has 0 radical (unpaired) electrons. The van der Waals surface area contributed by atoms with Gasteiger partial charge in [0.25, 0.3) is 0 Å². The molecule has 1 aliphatic heterocycles. The topological polar surface area (TPSA) is 86.2 Å². The van der Waals surface area contributed by atoms with E-state index in [1.165, 1.54) is 31.4 Å². The number of aromatic nitrogens is 3. The van der Waals surface area contributed by atoms with Crippen LogP contribution in [-0.2, 0) is 0 Å². The lowest BCUT2D eigenvalue weighted by atomic mass is 9.84. The summed E-state index contributed by atoms with van der Waals surface area (Å²) in [5, 5.41) is 17.3. The van der Waals surface area contributed by atoms with E-state index in [9.17, 15) is 5.11 Å². The largest absolute Gasteiger partial charge is 0.393 e. The smallest absolute Gasteiger partial charge is 0.229 e. The molecular weight excluding hydrogens is 436 g/mol. The molecule has 0 bridgehead atoms. The van der Waals surface area contributed by atoms with Crippen LogP contribution in [0, 0.1) is 5.92 Å². The van der Waals surface area contributed by atoms with Crippen LogP contribution in [0.3, 0.4) is 0 Å². The zero-order chi connectivity index (χ0) is 22.6. The van der Waals surface area contributed by atoms with E-state index in [0.717, 1.165) is 69.0 Å². The molecule has 2 aromatic heterocycles. The van der Waals surface area contributed by atoms with E-state index < -0.39 is 0 Å². The molecule has 0 spiro atoms. The van der Waals surface area contributed by atoms with Crippen LogP contribution in [0.15, 0.2) is 24.5 Å². The molecule has 5 rings (SSSR count). The van der Waals surface area contributed by atoms with Crippen LogP contribution in [0.2, 0.25) is 5.15 Å². The fourth-order valence-corrected chi connectivity index (χ4v) is 5.53. The number of likely N-dealkylation sites (tertiary alicyclic amines) is 1. The van der Waals surface area contributed by atoms with Crippen molar-refractivity contribution in [1.82, 2.24) is 19.9 Å². The lowest BCUT2D eigenvalue weighted by Gasteiger charge is -2.37. The molecule has 0 unspecified atom stereocenters. The van der Waals surface area contributed by atoms with E-state index in [1.54, 1.807) is 12.3 Å². The van der Waals surface area contributed by atoms with Crippen LogP contribution in [0.1, 0.15) is 69.3 Å². The summed E-state index contributed by atoms with van der Waals surface area (Å²) in [4.78, 5) is 16.2. The Bertz CT molecular complexity index is 923. The number of pyridine rings is 1. The quantitative estimate of drug-likeness (QED) is 0.493. The highest BCUT2D eigenvalue weighted by Gasteiger charge is 2.28. The number of aliphatic hydroxyl groups is 1. The first-order valence-corrected chi connectivity index (χ1v) is 12.9. The Balaban J connectivity index is 1.30. The Morgan fingerprint density at radius 1 is 1.03 bits per heavy atom. The Kier molecular flexibility index (Phi) is 7.28. The number of aliphatic hydroxyl groups excluding tert-OH is 1. The van der Waals surface area contributed by atoms with Crippen LogP contribution in [0.4, 0.5) is 17.5 Å². The van der Waals surface area contributed by atoms with Gasteiger partial charge in [0.15, 0.2) is 0 Å². The molecule has 3 heterocycles. The summed E-state index contributed by atoms with van der Waals surface area (Å²) in [6.45, 7) is 3.59. The van der Waals surface area contributed by atoms with Gasteiger partial charge in [-0.25, -0.2) is 9.97 Å². The highest BCUT2D eigenvalue weighted by molar-refractivity contribution is 6.29. The van der Waals surface area contributed by atoms with Gasteiger partial charge in [-0.2, -0.15) is 4.98 Å². The number of anilines is 3. The van der Waals surface area contributed by atoms with Crippen LogP contribution in [0.5, 0.6) is 0 Å². The molecule has 2 aliphatic carbocycles. The summed E-state index contributed by atoms with van der Waals surface area (Å²) in [6, 6.07) is 3.96. The third-order valence-corrected chi connectivity index (χ3v) is 7.81. The van der Waals surface area contributed by atoms with Gasteiger partial charge in [0.1, 0.15) is 11.0 Å². The monoisotopic (exact) mass is 470 g/mol. The second kappa shape index (κ2) is 10.5. The summed E-state index contributed by atoms with van der Waals surface area (Å²) in [5.74, 6) is 2.90. The standard InChI is InChI=1S/C25H35ClN6O/c26-23-14-20(8-11-27-23)30-25-28-15-22(24(31-25)29-19-4-6-21(33)7-5-19)18-9-12-32(13-10-18)16-17-2-1-3-17/h8,11,14-15,17-19,21,33H,1-7,9-10,12-13,16H2,(H2,27,28,29,30,31). The number of hydrogen-bond acceptors (Lipinski definition) is 7. The zero-order valence-electron chi connectivity index (χ0n) is 19.2. The number of rotatable bonds is 7. The average Bonchev–Trinajstić information content (AvgIpc) is 2.79. The van der Waals surface area contributed by atoms with Crippen molar-refractivity contribution in [3.63, 3.8) is 0 Å². The third kappa shape index (κ3) is 5.94. The fraction of sp³-hybridized carbons (Fsp3) is 0.640. The first-order chi connectivity index (χ1) is 16.1. The summed E-state index contributed by atoms with van der Waals surface area (Å²) in [6.07, 6.45) is 13.7. The molecule has 8 heteroatoms. The molecule has 33 heavy (non-hydrogen) atoms. The van der Waals surface area contributed by atoms with Gasteiger partial charge in [-0.1, -0.05) is 18.0 Å². The van der Waals surface area contributed by atoms with Crippen LogP contribution in [-0.4, -0.2) is 56.7 Å². The third-order valence-electron chi connectivity index (χ3n) is 7.61. The van der Waals surface area contributed by atoms with Gasteiger partial charge < -0.3 is 20.6 Å². The van der Waals surface area contributed by atoms with Crippen molar-refractivity contribution in [3.8, 4) is 0 Å². The minimum atomic E-state index is -0.165. The maximum absolute atomic E-state index is 9.91. The SMILES string of the molecule is OC1CCC(Nc2nc(Nc3ccnc(Cl)c3)ncc2C2CCN(CC3CCC3)CC2)CC1. The van der Waals surface area contributed by atoms with Gasteiger partial charge in [0, 0.05) is 36.2 Å². The van der Waals surface area contributed by atoms with Crippen molar-refractivity contribution in [2.45, 2.75) is 75.9 Å². The lowest BCUT2D eigenvalue weighted by molar-refractivity contribution is 0.126. The van der Waals surface area contributed by atoms with Crippen LogP contribution in [0.25, 0.3) is 0 Å². The average molecular weight is 471 g/mol. The summed E-state index contributed by atoms with van der Waals surface area (Å²) in [5.41, 5.74) is 2.04. The first-order valence-electron chi connectivity index (χ1n) is 12.5. The molecule has 2 aromatic rings. The molecule has 178 valence electrons. The predicted octanol–water partition coefficient (Wildman–Crippen LogP) is 4.96. The molecule has 7 nitrogen and oxygen atoms in total. The molecular formula is C25H35ClN6O. The van der Waals surface area contributed by atoms with Crippen molar-refractivity contribution < 1.29 is 5.11 Å². The second-order valence-electron chi connectivity index (χ2n) is 10.0. The Morgan fingerprint density at radius 3 is 2.52 bits per heavy atom. The highest BCUT2D eigenvalue weighted by atomic mass is 35.5. The van der Waals surface area contributed by atoms with Gasteiger partial charge in [-0.15, -0.1) is 0 Å². The zero-order valence-corrected chi connectivity index (χ0v) is 20.0. The maximum atomic E-state index is 9.91. The lowest BCUT2D eigenvalue weighted by Crippen LogP contribution is -2.38. The summed E-state index contributed by atoms with van der Waals surface area (Å²) >= 11 is 6.04. The number of nitrogens with one attached hydrogen (secondary N) is 2. The van der Waals surface area contributed by atoms with Crippen molar-refractivity contribution in [3.05, 3.63) is 35.2 Å². The summed E-state index contributed by atoms with van der Waals surface area (Å²) in [7, 11) is 0. The Labute approximate surface area is 201 Å². The molecule has 3 fully saturated rings. The van der Waals surface area contributed by atoms with Crippen molar-refractivity contribution in [1.29, 1.82) is 0 Å². The second-order valence-corrected chi connectivity index (χ2v) is 10.4. The van der Waals surface area contributed by atoms with Gasteiger partial charge in [-0.3, -0.25) is 0 Å². The molecule has 0 aromatic carbocycles. The normalized spacial score (nSPS) is 24.9. The predicted molar refractivity (Wildman–Crippen MR) is 132 cm³/mol. The molecule has 0 amide bonds. The minimum absolute atomic E-state index is 0.165. The number of hydrogen-bond donors (Lipinski definition) is 3. The number of nitrogens with zero attached hydrogens (tertiary/aromatic N) is 4. The van der Waals surface area contributed by atoms with Crippen molar-refractivity contribution in [2.75, 3.05) is 30.3 Å². The minimum Gasteiger partial charge on any atom is -0.393 e. The van der Waals surface area contributed by atoms with Gasteiger partial charge in [0.05, 0.1) is 6.10 Å². The highest BCUT2D eigenvalue weighted by Crippen LogP contribution is 2.35. The fourth-order valence-electron chi connectivity index (χ4n) is 5.36. The van der Waals surface area contributed by atoms with E-state index in [2.05, 4.69) is 25.5 Å². The number of piperidine rings is 1.